The third-order valence-electron chi connectivity index (χ3n) is 3.78. The molecule has 3 rings (SSSR count). The number of rotatable bonds is 8. The van der Waals surface area contributed by atoms with Crippen molar-refractivity contribution in [2.75, 3.05) is 17.2 Å². The Morgan fingerprint density at radius 2 is 2.14 bits per heavy atom. The molecule has 2 heterocycles. The number of aliphatic hydroxyl groups is 1. The molecular formula is C17H16ClF2N7O2. The van der Waals surface area contributed by atoms with Gasteiger partial charge in [-0.2, -0.15) is 10.1 Å². The van der Waals surface area contributed by atoms with Crippen LogP contribution in [0.5, 0.6) is 0 Å². The summed E-state index contributed by atoms with van der Waals surface area (Å²) in [5.41, 5.74) is 5.51. The number of carbonyl (C=O) groups is 1. The summed E-state index contributed by atoms with van der Waals surface area (Å²) in [6.07, 6.45) is 4.25. The van der Waals surface area contributed by atoms with Crippen LogP contribution >= 0.6 is 11.6 Å². The summed E-state index contributed by atoms with van der Waals surface area (Å²) in [6, 6.07) is 1.92. The number of halogens is 3. The van der Waals surface area contributed by atoms with E-state index in [9.17, 15) is 18.7 Å². The topological polar surface area (TPSA) is 131 Å². The van der Waals surface area contributed by atoms with Crippen molar-refractivity contribution in [2.45, 2.75) is 12.6 Å². The van der Waals surface area contributed by atoms with Gasteiger partial charge in [0.1, 0.15) is 23.2 Å². The summed E-state index contributed by atoms with van der Waals surface area (Å²) in [5.74, 6) is -1.68. The Labute approximate surface area is 168 Å². The molecule has 9 nitrogen and oxygen atoms in total. The number of anilines is 3. The van der Waals surface area contributed by atoms with Gasteiger partial charge >= 0.3 is 0 Å². The second-order valence-electron chi connectivity index (χ2n) is 5.95. The standard InChI is InChI=1S/C17H16ClF2N7O2/c18-12-5-22-17(24-10-4-23-27(6-10)7-15(21)29)26-16(12)25-14(8-28)11-3-9(19)1-2-13(11)20/h1-6,14,28H,7-8H2,(H2,21,29)(H2,22,24,25,26)/t14-/m1/s1. The second-order valence-corrected chi connectivity index (χ2v) is 6.36. The predicted octanol–water partition coefficient (Wildman–Crippen LogP) is 1.98. The van der Waals surface area contributed by atoms with E-state index in [4.69, 9.17) is 17.3 Å². The van der Waals surface area contributed by atoms with Crippen molar-refractivity contribution in [2.24, 2.45) is 5.73 Å². The third-order valence-corrected chi connectivity index (χ3v) is 4.05. The van der Waals surface area contributed by atoms with Gasteiger partial charge in [-0.15, -0.1) is 0 Å². The van der Waals surface area contributed by atoms with Crippen LogP contribution in [-0.2, 0) is 11.3 Å². The fourth-order valence-electron chi connectivity index (χ4n) is 2.50. The first-order chi connectivity index (χ1) is 13.9. The number of nitrogens with zero attached hydrogens (tertiary/aromatic N) is 4. The molecular weight excluding hydrogens is 408 g/mol. The number of aliphatic hydroxyl groups excluding tert-OH is 1. The Balaban J connectivity index is 1.80. The number of benzene rings is 1. The monoisotopic (exact) mass is 423 g/mol. The van der Waals surface area contributed by atoms with Crippen molar-refractivity contribution in [3.8, 4) is 0 Å². The lowest BCUT2D eigenvalue weighted by Crippen LogP contribution is -2.18. The van der Waals surface area contributed by atoms with Gasteiger partial charge in [-0.25, -0.2) is 13.8 Å². The molecule has 0 saturated carbocycles. The van der Waals surface area contributed by atoms with E-state index in [0.717, 1.165) is 18.2 Å². The average Bonchev–Trinajstić information content (AvgIpc) is 3.10. The maximum Gasteiger partial charge on any atom is 0.239 e. The maximum atomic E-state index is 14.0. The molecule has 0 aliphatic carbocycles. The number of hydrogen-bond donors (Lipinski definition) is 4. The van der Waals surface area contributed by atoms with Gasteiger partial charge in [0.2, 0.25) is 11.9 Å². The number of nitrogens with two attached hydrogens (primary N) is 1. The Hall–Kier alpha value is -3.31. The van der Waals surface area contributed by atoms with Gasteiger partial charge in [0.05, 0.1) is 30.7 Å². The van der Waals surface area contributed by atoms with Crippen LogP contribution in [0.25, 0.3) is 0 Å². The zero-order chi connectivity index (χ0) is 21.0. The van der Waals surface area contributed by atoms with Gasteiger partial charge in [-0.05, 0) is 18.2 Å². The normalized spacial score (nSPS) is 11.9. The van der Waals surface area contributed by atoms with Crippen molar-refractivity contribution in [1.29, 1.82) is 0 Å². The molecule has 0 fully saturated rings. The van der Waals surface area contributed by atoms with E-state index in [2.05, 4.69) is 25.7 Å². The van der Waals surface area contributed by atoms with Gasteiger partial charge in [0.15, 0.2) is 5.82 Å². The van der Waals surface area contributed by atoms with Crippen LogP contribution in [0.3, 0.4) is 0 Å². The van der Waals surface area contributed by atoms with Crippen LogP contribution in [0.15, 0.2) is 36.8 Å². The third kappa shape index (κ3) is 5.15. The summed E-state index contributed by atoms with van der Waals surface area (Å²) in [4.78, 5) is 19.1. The van der Waals surface area contributed by atoms with Crippen molar-refractivity contribution in [1.82, 2.24) is 19.7 Å². The van der Waals surface area contributed by atoms with E-state index in [1.54, 1.807) is 0 Å². The number of aromatic nitrogens is 4. The summed E-state index contributed by atoms with van der Waals surface area (Å²) in [6.45, 7) is -0.628. The highest BCUT2D eigenvalue weighted by molar-refractivity contribution is 6.32. The second kappa shape index (κ2) is 8.80. The summed E-state index contributed by atoms with van der Waals surface area (Å²) < 4.78 is 28.8. The lowest BCUT2D eigenvalue weighted by molar-refractivity contribution is -0.118. The molecule has 1 aromatic carbocycles. The number of hydrogen-bond acceptors (Lipinski definition) is 7. The van der Waals surface area contributed by atoms with Crippen LogP contribution in [0.1, 0.15) is 11.6 Å². The van der Waals surface area contributed by atoms with E-state index >= 15 is 0 Å². The van der Waals surface area contributed by atoms with Crippen LogP contribution < -0.4 is 16.4 Å². The number of carbonyl (C=O) groups excluding carboxylic acids is 1. The molecule has 1 atom stereocenters. The molecule has 0 unspecified atom stereocenters. The van der Waals surface area contributed by atoms with E-state index in [1.807, 2.05) is 0 Å². The molecule has 0 aliphatic heterocycles. The molecule has 0 radical (unpaired) electrons. The molecule has 5 N–H and O–H groups in total. The largest absolute Gasteiger partial charge is 0.394 e. The quantitative estimate of drug-likeness (QED) is 0.435. The Morgan fingerprint density at radius 1 is 1.34 bits per heavy atom. The highest BCUT2D eigenvalue weighted by Crippen LogP contribution is 2.27. The molecule has 152 valence electrons. The molecule has 0 aliphatic rings. The number of primary amides is 1. The van der Waals surface area contributed by atoms with E-state index < -0.39 is 30.2 Å². The minimum Gasteiger partial charge on any atom is -0.394 e. The van der Waals surface area contributed by atoms with Crippen LogP contribution in [-0.4, -0.2) is 37.4 Å². The van der Waals surface area contributed by atoms with Gasteiger partial charge in [0.25, 0.3) is 0 Å². The van der Waals surface area contributed by atoms with Gasteiger partial charge in [-0.1, -0.05) is 11.6 Å². The minimum atomic E-state index is -0.996. The van der Waals surface area contributed by atoms with Crippen LogP contribution in [0, 0.1) is 11.6 Å². The SMILES string of the molecule is NC(=O)Cn1cc(Nc2ncc(Cl)c(N[C@H](CO)c3cc(F)ccc3F)n2)cn1. The first-order valence-corrected chi connectivity index (χ1v) is 8.66. The summed E-state index contributed by atoms with van der Waals surface area (Å²) in [5, 5.41) is 19.3. The van der Waals surface area contributed by atoms with Crippen LogP contribution in [0.4, 0.5) is 26.2 Å². The molecule has 2 aromatic heterocycles. The van der Waals surface area contributed by atoms with Gasteiger partial charge < -0.3 is 21.5 Å². The van der Waals surface area contributed by atoms with Crippen molar-refractivity contribution < 1.29 is 18.7 Å². The molecule has 0 saturated heterocycles. The fourth-order valence-corrected chi connectivity index (χ4v) is 2.65. The predicted molar refractivity (Wildman–Crippen MR) is 102 cm³/mol. The van der Waals surface area contributed by atoms with E-state index in [0.29, 0.717) is 5.69 Å². The van der Waals surface area contributed by atoms with Crippen molar-refractivity contribution in [3.63, 3.8) is 0 Å². The molecule has 0 bridgehead atoms. The molecule has 12 heteroatoms. The zero-order valence-electron chi connectivity index (χ0n) is 14.8. The molecule has 0 spiro atoms. The lowest BCUT2D eigenvalue weighted by Gasteiger charge is -2.19. The smallest absolute Gasteiger partial charge is 0.239 e. The van der Waals surface area contributed by atoms with Gasteiger partial charge in [-0.3, -0.25) is 9.48 Å². The van der Waals surface area contributed by atoms with Crippen molar-refractivity contribution >= 4 is 35.0 Å². The highest BCUT2D eigenvalue weighted by Gasteiger charge is 2.18. The zero-order valence-corrected chi connectivity index (χ0v) is 15.6. The Kier molecular flexibility index (Phi) is 6.20. The van der Waals surface area contributed by atoms with E-state index in [1.165, 1.54) is 23.3 Å². The highest BCUT2D eigenvalue weighted by atomic mass is 35.5. The summed E-state index contributed by atoms with van der Waals surface area (Å²) in [7, 11) is 0. The minimum absolute atomic E-state index is 0.0792. The lowest BCUT2D eigenvalue weighted by atomic mass is 10.1. The van der Waals surface area contributed by atoms with Gasteiger partial charge in [0, 0.05) is 11.8 Å². The Morgan fingerprint density at radius 3 is 2.86 bits per heavy atom. The van der Waals surface area contributed by atoms with Crippen LogP contribution in [0.2, 0.25) is 5.02 Å². The Bertz CT molecular complexity index is 1030. The molecule has 1 amide bonds. The molecule has 3 aromatic rings. The first kappa shape index (κ1) is 20.4. The van der Waals surface area contributed by atoms with E-state index in [-0.39, 0.29) is 28.9 Å². The first-order valence-electron chi connectivity index (χ1n) is 8.28. The molecule has 29 heavy (non-hydrogen) atoms. The average molecular weight is 424 g/mol. The number of amides is 1. The number of nitrogens with one attached hydrogen (secondary N) is 2. The fraction of sp³-hybridized carbons (Fsp3) is 0.176. The maximum absolute atomic E-state index is 14.0. The summed E-state index contributed by atoms with van der Waals surface area (Å²) >= 11 is 6.09. The van der Waals surface area contributed by atoms with Crippen molar-refractivity contribution in [3.05, 3.63) is 59.0 Å².